The zero-order valence-electron chi connectivity index (χ0n) is 16.8. The molecule has 1 aromatic carbocycles. The molecule has 1 aliphatic rings. The highest BCUT2D eigenvalue weighted by Crippen LogP contribution is 2.24. The number of aromatic nitrogens is 3. The largest absolute Gasteiger partial charge is 0.339 e. The SMILES string of the molecule is CC(C)(C)c1nc(CN2CCN(Cc3csc(-c4ccccc4)n3)CC2)no1. The normalized spacial score (nSPS) is 16.5. The molecule has 4 rings (SSSR count). The molecule has 3 heterocycles. The lowest BCUT2D eigenvalue weighted by molar-refractivity contribution is 0.118. The number of hydrogen-bond acceptors (Lipinski definition) is 7. The first-order valence-corrected chi connectivity index (χ1v) is 10.6. The summed E-state index contributed by atoms with van der Waals surface area (Å²) in [6.45, 7) is 12.0. The van der Waals surface area contributed by atoms with Gasteiger partial charge < -0.3 is 4.52 Å². The summed E-state index contributed by atoms with van der Waals surface area (Å²) in [6, 6.07) is 10.4. The Balaban J connectivity index is 1.28. The fourth-order valence-corrected chi connectivity index (χ4v) is 4.07. The van der Waals surface area contributed by atoms with Crippen LogP contribution in [0.4, 0.5) is 0 Å². The van der Waals surface area contributed by atoms with Crippen molar-refractivity contribution in [1.82, 2.24) is 24.9 Å². The maximum Gasteiger partial charge on any atom is 0.232 e. The third-order valence-electron chi connectivity index (χ3n) is 4.90. The van der Waals surface area contributed by atoms with Crippen LogP contribution < -0.4 is 0 Å². The van der Waals surface area contributed by atoms with E-state index in [1.165, 1.54) is 5.56 Å². The van der Waals surface area contributed by atoms with Gasteiger partial charge in [0.2, 0.25) is 5.89 Å². The van der Waals surface area contributed by atoms with Crippen molar-refractivity contribution in [3.63, 3.8) is 0 Å². The van der Waals surface area contributed by atoms with Crippen LogP contribution >= 0.6 is 11.3 Å². The Morgan fingerprint density at radius 2 is 1.64 bits per heavy atom. The molecule has 2 aromatic heterocycles. The Kier molecular flexibility index (Phi) is 5.57. The van der Waals surface area contributed by atoms with Crippen LogP contribution in [0.15, 0.2) is 40.2 Å². The van der Waals surface area contributed by atoms with Gasteiger partial charge in [0.1, 0.15) is 5.01 Å². The number of nitrogens with zero attached hydrogens (tertiary/aromatic N) is 5. The summed E-state index contributed by atoms with van der Waals surface area (Å²) in [5.74, 6) is 1.49. The summed E-state index contributed by atoms with van der Waals surface area (Å²) < 4.78 is 5.40. The molecule has 1 saturated heterocycles. The summed E-state index contributed by atoms with van der Waals surface area (Å²) in [5, 5.41) is 7.43. The predicted molar refractivity (Wildman–Crippen MR) is 111 cm³/mol. The molecule has 0 amide bonds. The highest BCUT2D eigenvalue weighted by atomic mass is 32.1. The quantitative estimate of drug-likeness (QED) is 0.653. The second kappa shape index (κ2) is 8.11. The van der Waals surface area contributed by atoms with Crippen molar-refractivity contribution in [3.05, 3.63) is 53.1 Å². The number of piperazine rings is 1. The van der Waals surface area contributed by atoms with E-state index < -0.39 is 0 Å². The molecule has 7 heteroatoms. The predicted octanol–water partition coefficient (Wildman–Crippen LogP) is 3.81. The van der Waals surface area contributed by atoms with Gasteiger partial charge in [-0.2, -0.15) is 4.98 Å². The van der Waals surface area contributed by atoms with Crippen molar-refractivity contribution in [3.8, 4) is 10.6 Å². The van der Waals surface area contributed by atoms with Crippen molar-refractivity contribution < 1.29 is 4.52 Å². The summed E-state index contributed by atoms with van der Waals surface area (Å²) in [4.78, 5) is 14.2. The van der Waals surface area contributed by atoms with Crippen LogP contribution in [0, 0.1) is 0 Å². The first-order chi connectivity index (χ1) is 13.5. The molecule has 1 fully saturated rings. The van der Waals surface area contributed by atoms with Gasteiger partial charge in [0, 0.05) is 49.1 Å². The minimum atomic E-state index is -0.101. The van der Waals surface area contributed by atoms with Gasteiger partial charge in [0.25, 0.3) is 0 Å². The molecule has 0 radical (unpaired) electrons. The van der Waals surface area contributed by atoms with Crippen LogP contribution in [0.1, 0.15) is 38.2 Å². The van der Waals surface area contributed by atoms with Crippen LogP contribution in [0.25, 0.3) is 10.6 Å². The number of thiazole rings is 1. The van der Waals surface area contributed by atoms with Crippen LogP contribution in [0.3, 0.4) is 0 Å². The summed E-state index contributed by atoms with van der Waals surface area (Å²) >= 11 is 1.72. The van der Waals surface area contributed by atoms with E-state index >= 15 is 0 Å². The first-order valence-electron chi connectivity index (χ1n) is 9.75. The van der Waals surface area contributed by atoms with Crippen molar-refractivity contribution in [2.75, 3.05) is 26.2 Å². The van der Waals surface area contributed by atoms with E-state index in [1.807, 2.05) is 6.07 Å². The highest BCUT2D eigenvalue weighted by molar-refractivity contribution is 7.13. The molecule has 6 nitrogen and oxygen atoms in total. The zero-order valence-corrected chi connectivity index (χ0v) is 17.6. The maximum atomic E-state index is 5.40. The average molecular weight is 398 g/mol. The van der Waals surface area contributed by atoms with E-state index in [4.69, 9.17) is 9.51 Å². The molecule has 0 bridgehead atoms. The van der Waals surface area contributed by atoms with Gasteiger partial charge in [0.15, 0.2) is 5.82 Å². The summed E-state index contributed by atoms with van der Waals surface area (Å²) in [6.07, 6.45) is 0. The smallest absolute Gasteiger partial charge is 0.232 e. The number of hydrogen-bond donors (Lipinski definition) is 0. The molecule has 0 spiro atoms. The lowest BCUT2D eigenvalue weighted by atomic mass is 9.97. The molecular formula is C21H27N5OS. The molecule has 1 aliphatic heterocycles. The van der Waals surface area contributed by atoms with Crippen LogP contribution in [0.5, 0.6) is 0 Å². The van der Waals surface area contributed by atoms with Crippen LogP contribution in [0.2, 0.25) is 0 Å². The zero-order chi connectivity index (χ0) is 19.6. The van der Waals surface area contributed by atoms with Crippen molar-refractivity contribution >= 4 is 11.3 Å². The van der Waals surface area contributed by atoms with E-state index in [-0.39, 0.29) is 5.41 Å². The lowest BCUT2D eigenvalue weighted by Gasteiger charge is -2.33. The minimum absolute atomic E-state index is 0.101. The van der Waals surface area contributed by atoms with Gasteiger partial charge in [-0.05, 0) is 0 Å². The average Bonchev–Trinajstić information content (AvgIpc) is 3.34. The van der Waals surface area contributed by atoms with Crippen molar-refractivity contribution in [1.29, 1.82) is 0 Å². The van der Waals surface area contributed by atoms with E-state index in [0.29, 0.717) is 5.89 Å². The number of benzene rings is 1. The van der Waals surface area contributed by atoms with Gasteiger partial charge in [-0.15, -0.1) is 11.3 Å². The number of rotatable bonds is 5. The fourth-order valence-electron chi connectivity index (χ4n) is 3.25. The minimum Gasteiger partial charge on any atom is -0.339 e. The first kappa shape index (κ1) is 19.2. The molecule has 0 N–H and O–H groups in total. The Hall–Kier alpha value is -2.09. The van der Waals surface area contributed by atoms with Crippen molar-refractivity contribution in [2.24, 2.45) is 0 Å². The third kappa shape index (κ3) is 4.66. The Bertz CT molecular complexity index is 891. The Morgan fingerprint density at radius 1 is 0.964 bits per heavy atom. The molecular weight excluding hydrogens is 370 g/mol. The second-order valence-electron chi connectivity index (χ2n) is 8.33. The molecule has 0 aliphatic carbocycles. The van der Waals surface area contributed by atoms with E-state index in [9.17, 15) is 0 Å². The lowest BCUT2D eigenvalue weighted by Crippen LogP contribution is -2.45. The molecule has 0 atom stereocenters. The van der Waals surface area contributed by atoms with Crippen LogP contribution in [-0.4, -0.2) is 51.1 Å². The van der Waals surface area contributed by atoms with E-state index in [0.717, 1.165) is 55.8 Å². The monoisotopic (exact) mass is 397 g/mol. The Morgan fingerprint density at radius 3 is 2.29 bits per heavy atom. The molecule has 0 saturated carbocycles. The standard InChI is InChI=1S/C21H27N5OS/c1-21(2,3)20-23-18(24-27-20)14-26-11-9-25(10-12-26)13-17-15-28-19(22-17)16-7-5-4-6-8-16/h4-8,15H,9-14H2,1-3H3. The summed E-state index contributed by atoms with van der Waals surface area (Å²) in [7, 11) is 0. The van der Waals surface area contributed by atoms with Crippen LogP contribution in [-0.2, 0) is 18.5 Å². The maximum absolute atomic E-state index is 5.40. The molecule has 3 aromatic rings. The van der Waals surface area contributed by atoms with Gasteiger partial charge >= 0.3 is 0 Å². The van der Waals surface area contributed by atoms with E-state index in [2.05, 4.69) is 70.4 Å². The third-order valence-corrected chi connectivity index (χ3v) is 5.84. The van der Waals surface area contributed by atoms with Crippen molar-refractivity contribution in [2.45, 2.75) is 39.3 Å². The van der Waals surface area contributed by atoms with Gasteiger partial charge in [-0.3, -0.25) is 9.80 Å². The van der Waals surface area contributed by atoms with Gasteiger partial charge in [-0.1, -0.05) is 56.3 Å². The molecule has 0 unspecified atom stereocenters. The highest BCUT2D eigenvalue weighted by Gasteiger charge is 2.24. The molecule has 28 heavy (non-hydrogen) atoms. The fraction of sp³-hybridized carbons (Fsp3) is 0.476. The van der Waals surface area contributed by atoms with Gasteiger partial charge in [-0.25, -0.2) is 4.98 Å². The topological polar surface area (TPSA) is 58.3 Å². The van der Waals surface area contributed by atoms with Gasteiger partial charge in [0.05, 0.1) is 12.2 Å². The van der Waals surface area contributed by atoms with E-state index in [1.54, 1.807) is 11.3 Å². The Labute approximate surface area is 170 Å². The molecule has 148 valence electrons. The second-order valence-corrected chi connectivity index (χ2v) is 9.19. The summed E-state index contributed by atoms with van der Waals surface area (Å²) in [5.41, 5.74) is 2.25.